The molecule has 4 heterocycles. The Morgan fingerprint density at radius 2 is 1.25 bits per heavy atom. The third-order valence-electron chi connectivity index (χ3n) is 8.01. The monoisotopic (exact) mass is 687 g/mol. The van der Waals surface area contributed by atoms with Gasteiger partial charge in [0.2, 0.25) is 11.2 Å². The van der Waals surface area contributed by atoms with Gasteiger partial charge in [0.25, 0.3) is 17.7 Å². The van der Waals surface area contributed by atoms with Crippen LogP contribution in [0.1, 0.15) is 44.9 Å². The van der Waals surface area contributed by atoms with E-state index in [1.807, 2.05) is 0 Å². The Hall–Kier alpha value is -6.74. The molecule has 0 spiro atoms. The molecule has 2 fully saturated rings. The van der Waals surface area contributed by atoms with E-state index in [4.69, 9.17) is 27.7 Å². The van der Waals surface area contributed by atoms with Crippen LogP contribution < -0.4 is 22.9 Å². The largest absolute Gasteiger partial charge is 0.463 e. The molecule has 10 N–H and O–H groups in total. The van der Waals surface area contributed by atoms with E-state index in [1.54, 1.807) is 79.8 Å². The maximum Gasteiger partial charge on any atom is 0.351 e. The number of nitrogen functional groups attached to an aromatic ring is 2. The van der Waals surface area contributed by atoms with E-state index in [2.05, 4.69) is 33.6 Å². The Bertz CT molecular complexity index is 2200. The number of ether oxygens (including phenoxy) is 1. The van der Waals surface area contributed by atoms with Crippen LogP contribution in [0.15, 0.2) is 72.8 Å². The SMILES string of the molecule is CN1CC[C@@](O)(C#Cc2cccc(-c3ccc(N)c(C(N)=O)n3)c2)C1=O.NC(=O)c1nc(-c2cccc(C#C[C@@]3(O)CCOC3=O)c2)ccc1N. The number of esters is 1. The molecule has 0 radical (unpaired) electrons. The van der Waals surface area contributed by atoms with Gasteiger partial charge in [-0.2, -0.15) is 0 Å². The summed E-state index contributed by atoms with van der Waals surface area (Å²) in [6.45, 7) is 0.616. The molecule has 0 aliphatic carbocycles. The normalized spacial score (nSPS) is 19.1. The van der Waals surface area contributed by atoms with Crippen molar-refractivity contribution in [2.75, 3.05) is 31.7 Å². The van der Waals surface area contributed by atoms with Crippen molar-refractivity contribution < 1.29 is 34.1 Å². The second kappa shape index (κ2) is 14.4. The number of benzene rings is 2. The lowest BCUT2D eigenvalue weighted by Gasteiger charge is -2.13. The molecule has 14 heteroatoms. The molecule has 2 aliphatic heterocycles. The number of likely N-dealkylation sites (tertiary alicyclic amines) is 1. The minimum atomic E-state index is -1.77. The topological polar surface area (TPSA) is 251 Å². The minimum absolute atomic E-state index is 0.00278. The van der Waals surface area contributed by atoms with Crippen LogP contribution in [0.25, 0.3) is 22.5 Å². The van der Waals surface area contributed by atoms with Gasteiger partial charge in [0.1, 0.15) is 0 Å². The van der Waals surface area contributed by atoms with Crippen LogP contribution in [0.4, 0.5) is 11.4 Å². The summed E-state index contributed by atoms with van der Waals surface area (Å²) in [4.78, 5) is 56.1. The van der Waals surface area contributed by atoms with Crippen molar-refractivity contribution in [2.45, 2.75) is 24.0 Å². The first kappa shape index (κ1) is 35.6. The van der Waals surface area contributed by atoms with E-state index >= 15 is 0 Å². The summed E-state index contributed by atoms with van der Waals surface area (Å²) in [6.07, 6.45) is 0.413. The number of carbonyl (C=O) groups excluding carboxylic acids is 4. The number of anilines is 2. The first-order valence-electron chi connectivity index (χ1n) is 15.5. The second-order valence-corrected chi connectivity index (χ2v) is 11.7. The molecular weight excluding hydrogens is 654 g/mol. The van der Waals surface area contributed by atoms with E-state index in [-0.39, 0.29) is 42.2 Å². The average Bonchev–Trinajstić information content (AvgIpc) is 3.59. The van der Waals surface area contributed by atoms with Gasteiger partial charge in [-0.05, 0) is 48.5 Å². The molecule has 2 saturated heterocycles. The van der Waals surface area contributed by atoms with Crippen molar-refractivity contribution in [3.63, 3.8) is 0 Å². The van der Waals surface area contributed by atoms with E-state index in [0.717, 1.165) is 0 Å². The molecule has 2 aliphatic rings. The smallest absolute Gasteiger partial charge is 0.351 e. The van der Waals surface area contributed by atoms with Crippen molar-refractivity contribution >= 4 is 35.1 Å². The average molecular weight is 688 g/mol. The van der Waals surface area contributed by atoms with Gasteiger partial charge in [-0.15, -0.1) is 0 Å². The number of aromatic nitrogens is 2. The fourth-order valence-electron chi connectivity index (χ4n) is 5.12. The molecular formula is C37H33N7O7. The van der Waals surface area contributed by atoms with Gasteiger partial charge in [0, 0.05) is 48.7 Å². The number of nitrogens with zero attached hydrogens (tertiary/aromatic N) is 3. The maximum absolute atomic E-state index is 12.0. The molecule has 4 aromatic rings. The Kier molecular flexibility index (Phi) is 10.0. The summed E-state index contributed by atoms with van der Waals surface area (Å²) < 4.78 is 4.74. The highest BCUT2D eigenvalue weighted by molar-refractivity contribution is 5.97. The van der Waals surface area contributed by atoms with E-state index < -0.39 is 34.9 Å². The van der Waals surface area contributed by atoms with Gasteiger partial charge in [-0.25, -0.2) is 14.8 Å². The Labute approximate surface area is 292 Å². The zero-order valence-electron chi connectivity index (χ0n) is 27.3. The van der Waals surface area contributed by atoms with Gasteiger partial charge in [0.15, 0.2) is 11.4 Å². The molecule has 2 aromatic carbocycles. The molecule has 2 aromatic heterocycles. The summed E-state index contributed by atoms with van der Waals surface area (Å²) in [6, 6.07) is 20.5. The van der Waals surface area contributed by atoms with Crippen LogP contribution in [-0.2, 0) is 14.3 Å². The molecule has 6 rings (SSSR count). The summed E-state index contributed by atoms with van der Waals surface area (Å²) in [5.41, 5.74) is 22.5. The van der Waals surface area contributed by atoms with Crippen molar-refractivity contribution in [1.29, 1.82) is 0 Å². The highest BCUT2D eigenvalue weighted by atomic mass is 16.6. The van der Waals surface area contributed by atoms with E-state index in [0.29, 0.717) is 40.2 Å². The Morgan fingerprint density at radius 3 is 1.67 bits per heavy atom. The van der Waals surface area contributed by atoms with Gasteiger partial charge in [-0.3, -0.25) is 14.4 Å². The molecule has 258 valence electrons. The number of primary amides is 2. The summed E-state index contributed by atoms with van der Waals surface area (Å²) in [7, 11) is 1.63. The van der Waals surface area contributed by atoms with Crippen LogP contribution in [0.3, 0.4) is 0 Å². The van der Waals surface area contributed by atoms with Gasteiger partial charge in [-0.1, -0.05) is 47.9 Å². The first-order valence-corrected chi connectivity index (χ1v) is 15.5. The van der Waals surface area contributed by atoms with Crippen molar-refractivity contribution in [2.24, 2.45) is 11.5 Å². The molecule has 0 bridgehead atoms. The van der Waals surface area contributed by atoms with Crippen LogP contribution in [0.5, 0.6) is 0 Å². The third kappa shape index (κ3) is 7.95. The predicted molar refractivity (Wildman–Crippen MR) is 187 cm³/mol. The summed E-state index contributed by atoms with van der Waals surface area (Å²) in [5.74, 6) is 8.30. The Morgan fingerprint density at radius 1 is 0.765 bits per heavy atom. The zero-order valence-corrected chi connectivity index (χ0v) is 27.3. The number of carbonyl (C=O) groups is 4. The number of aliphatic hydroxyl groups is 2. The Balaban J connectivity index is 0.000000198. The number of nitrogens with two attached hydrogens (primary N) is 4. The zero-order chi connectivity index (χ0) is 36.9. The first-order chi connectivity index (χ1) is 24.2. The van der Waals surface area contributed by atoms with Gasteiger partial charge in [0.05, 0.1) is 29.4 Å². The van der Waals surface area contributed by atoms with E-state index in [1.165, 1.54) is 4.90 Å². The molecule has 0 unspecified atom stereocenters. The van der Waals surface area contributed by atoms with E-state index in [9.17, 15) is 29.4 Å². The third-order valence-corrected chi connectivity index (χ3v) is 8.01. The lowest BCUT2D eigenvalue weighted by Crippen LogP contribution is -2.37. The number of cyclic esters (lactones) is 1. The number of rotatable bonds is 4. The number of hydrogen-bond acceptors (Lipinski definition) is 11. The van der Waals surface area contributed by atoms with Crippen LogP contribution >= 0.6 is 0 Å². The quantitative estimate of drug-likeness (QED) is 0.129. The fraction of sp³-hybridized carbons (Fsp3) is 0.189. The minimum Gasteiger partial charge on any atom is -0.463 e. The highest BCUT2D eigenvalue weighted by Gasteiger charge is 2.42. The number of hydrogen-bond donors (Lipinski definition) is 6. The van der Waals surface area contributed by atoms with Crippen molar-refractivity contribution in [3.8, 4) is 46.2 Å². The predicted octanol–water partition coefficient (Wildman–Crippen LogP) is 0.834. The molecule has 14 nitrogen and oxygen atoms in total. The standard InChI is InChI=1S/C19H18N4O3.C18H15N3O4/c1-23-10-9-19(26,18(23)25)8-7-12-3-2-4-13(11-12)15-6-5-14(20)16(22-15)17(21)24;19-13-4-5-14(21-15(13)16(20)22)12-3-1-2-11(10-12)6-7-18(24)8-9-25-17(18)23/h2-6,11,26H,9-10,20H2,1H3,(H2,21,24);1-5,10,24H,8-9,19H2,(H2,20,22)/t19-;18-/m01/s1. The molecule has 0 saturated carbocycles. The summed E-state index contributed by atoms with van der Waals surface area (Å²) in [5, 5.41) is 20.5. The van der Waals surface area contributed by atoms with Crippen molar-refractivity contribution in [1.82, 2.24) is 14.9 Å². The lowest BCUT2D eigenvalue weighted by atomic mass is 10.0. The van der Waals surface area contributed by atoms with Crippen LogP contribution in [0.2, 0.25) is 0 Å². The number of likely N-dealkylation sites (N-methyl/N-ethyl adjacent to an activating group) is 1. The van der Waals surface area contributed by atoms with Crippen molar-refractivity contribution in [3.05, 3.63) is 95.3 Å². The van der Waals surface area contributed by atoms with Crippen LogP contribution in [-0.4, -0.2) is 80.2 Å². The molecule has 51 heavy (non-hydrogen) atoms. The maximum atomic E-state index is 12.0. The van der Waals surface area contributed by atoms with Gasteiger partial charge < -0.3 is 42.8 Å². The van der Waals surface area contributed by atoms with Crippen LogP contribution in [0, 0.1) is 23.7 Å². The summed E-state index contributed by atoms with van der Waals surface area (Å²) >= 11 is 0. The highest BCUT2D eigenvalue weighted by Crippen LogP contribution is 2.25. The number of pyridine rings is 2. The fourth-order valence-corrected chi connectivity index (χ4v) is 5.12. The number of amides is 3. The van der Waals surface area contributed by atoms with Gasteiger partial charge >= 0.3 is 5.97 Å². The molecule has 3 amide bonds. The molecule has 2 atom stereocenters. The second-order valence-electron chi connectivity index (χ2n) is 11.7. The lowest BCUT2D eigenvalue weighted by molar-refractivity contribution is -0.148.